The first kappa shape index (κ1) is 11.5. The van der Waals surface area contributed by atoms with E-state index >= 15 is 0 Å². The van der Waals surface area contributed by atoms with Gasteiger partial charge in [-0.1, -0.05) is 6.92 Å². The van der Waals surface area contributed by atoms with Gasteiger partial charge in [-0.15, -0.1) is 0 Å². The molecule has 3 nitrogen and oxygen atoms in total. The predicted octanol–water partition coefficient (Wildman–Crippen LogP) is 2.19. The minimum Gasteiger partial charge on any atom is -0.330 e. The molecular formula is C13H21N3. The van der Waals surface area contributed by atoms with Gasteiger partial charge in [0.25, 0.3) is 0 Å². The van der Waals surface area contributed by atoms with Crippen LogP contribution >= 0.6 is 0 Å². The molecule has 0 saturated heterocycles. The van der Waals surface area contributed by atoms with Crippen LogP contribution in [0.15, 0.2) is 6.07 Å². The summed E-state index contributed by atoms with van der Waals surface area (Å²) in [6.45, 7) is 5.02. The lowest BCUT2D eigenvalue weighted by atomic mass is 10.1. The highest BCUT2D eigenvalue weighted by molar-refractivity contribution is 5.13. The van der Waals surface area contributed by atoms with E-state index in [1.165, 1.54) is 19.3 Å². The molecule has 3 heteroatoms. The fourth-order valence-corrected chi connectivity index (χ4v) is 2.56. The lowest BCUT2D eigenvalue weighted by Crippen LogP contribution is -2.09. The molecule has 16 heavy (non-hydrogen) atoms. The molecule has 1 aromatic heterocycles. The van der Waals surface area contributed by atoms with Gasteiger partial charge in [0.05, 0.1) is 0 Å². The Morgan fingerprint density at radius 1 is 1.38 bits per heavy atom. The van der Waals surface area contributed by atoms with Gasteiger partial charge in [0.15, 0.2) is 0 Å². The molecule has 1 heterocycles. The number of rotatable bonds is 3. The molecule has 0 aromatic carbocycles. The average Bonchev–Trinajstić information content (AvgIpc) is 2.64. The molecular weight excluding hydrogens is 198 g/mol. The molecule has 2 atom stereocenters. The predicted molar refractivity (Wildman–Crippen MR) is 65.3 cm³/mol. The quantitative estimate of drug-likeness (QED) is 0.847. The summed E-state index contributed by atoms with van der Waals surface area (Å²) in [5.41, 5.74) is 7.75. The molecule has 1 aliphatic rings. The van der Waals surface area contributed by atoms with Crippen LogP contribution in [-0.4, -0.2) is 16.5 Å². The third-order valence-corrected chi connectivity index (χ3v) is 3.38. The van der Waals surface area contributed by atoms with E-state index in [2.05, 4.69) is 23.0 Å². The van der Waals surface area contributed by atoms with Gasteiger partial charge < -0.3 is 5.73 Å². The Kier molecular flexibility index (Phi) is 3.54. The SMILES string of the molecule is Cc1cc(CCN)nc(C2CCC(C)C2)n1. The van der Waals surface area contributed by atoms with Gasteiger partial charge in [0.1, 0.15) is 5.82 Å². The molecule has 1 saturated carbocycles. The van der Waals surface area contributed by atoms with Crippen molar-refractivity contribution in [3.63, 3.8) is 0 Å². The van der Waals surface area contributed by atoms with E-state index in [9.17, 15) is 0 Å². The standard InChI is InChI=1S/C13H21N3/c1-9-3-4-11(7-9)13-15-10(2)8-12(16-13)5-6-14/h8-9,11H,3-7,14H2,1-2H3. The molecule has 1 aromatic rings. The highest BCUT2D eigenvalue weighted by Crippen LogP contribution is 2.36. The number of aryl methyl sites for hydroxylation is 1. The van der Waals surface area contributed by atoms with Gasteiger partial charge in [-0.05, 0) is 44.7 Å². The Balaban J connectivity index is 2.20. The lowest BCUT2D eigenvalue weighted by Gasteiger charge is -2.10. The molecule has 88 valence electrons. The Hall–Kier alpha value is -0.960. The first-order valence-electron chi connectivity index (χ1n) is 6.23. The topological polar surface area (TPSA) is 51.8 Å². The van der Waals surface area contributed by atoms with Gasteiger partial charge in [-0.2, -0.15) is 0 Å². The van der Waals surface area contributed by atoms with Crippen molar-refractivity contribution in [2.24, 2.45) is 11.7 Å². The summed E-state index contributed by atoms with van der Waals surface area (Å²) >= 11 is 0. The summed E-state index contributed by atoms with van der Waals surface area (Å²) in [5.74, 6) is 2.45. The zero-order valence-corrected chi connectivity index (χ0v) is 10.2. The Labute approximate surface area is 97.5 Å². The van der Waals surface area contributed by atoms with Crippen LogP contribution in [0, 0.1) is 12.8 Å². The van der Waals surface area contributed by atoms with Crippen molar-refractivity contribution in [1.82, 2.24) is 9.97 Å². The lowest BCUT2D eigenvalue weighted by molar-refractivity contribution is 0.582. The van der Waals surface area contributed by atoms with Crippen molar-refractivity contribution in [2.45, 2.75) is 45.4 Å². The summed E-state index contributed by atoms with van der Waals surface area (Å²) in [7, 11) is 0. The maximum Gasteiger partial charge on any atom is 0.131 e. The van der Waals surface area contributed by atoms with E-state index < -0.39 is 0 Å². The second-order valence-corrected chi connectivity index (χ2v) is 5.01. The Morgan fingerprint density at radius 3 is 2.81 bits per heavy atom. The third kappa shape index (κ3) is 2.59. The molecule has 2 unspecified atom stereocenters. The molecule has 1 fully saturated rings. The largest absolute Gasteiger partial charge is 0.330 e. The maximum absolute atomic E-state index is 5.58. The number of hydrogen-bond acceptors (Lipinski definition) is 3. The normalized spacial score (nSPS) is 24.9. The summed E-state index contributed by atoms with van der Waals surface area (Å²) in [4.78, 5) is 9.23. The van der Waals surface area contributed by atoms with Crippen molar-refractivity contribution < 1.29 is 0 Å². The molecule has 2 rings (SSSR count). The fraction of sp³-hybridized carbons (Fsp3) is 0.692. The highest BCUT2D eigenvalue weighted by atomic mass is 14.9. The summed E-state index contributed by atoms with van der Waals surface area (Å²) < 4.78 is 0. The maximum atomic E-state index is 5.58. The molecule has 0 aliphatic heterocycles. The van der Waals surface area contributed by atoms with E-state index in [-0.39, 0.29) is 0 Å². The molecule has 1 aliphatic carbocycles. The van der Waals surface area contributed by atoms with Crippen molar-refractivity contribution >= 4 is 0 Å². The van der Waals surface area contributed by atoms with E-state index in [1.807, 2.05) is 6.92 Å². The molecule has 2 N–H and O–H groups in total. The van der Waals surface area contributed by atoms with E-state index in [0.29, 0.717) is 12.5 Å². The van der Waals surface area contributed by atoms with Gasteiger partial charge in [0, 0.05) is 23.7 Å². The summed E-state index contributed by atoms with van der Waals surface area (Å²) in [6, 6.07) is 2.05. The van der Waals surface area contributed by atoms with E-state index in [4.69, 9.17) is 5.73 Å². The van der Waals surface area contributed by atoms with E-state index in [0.717, 1.165) is 29.6 Å². The second-order valence-electron chi connectivity index (χ2n) is 5.01. The van der Waals surface area contributed by atoms with Gasteiger partial charge >= 0.3 is 0 Å². The zero-order valence-electron chi connectivity index (χ0n) is 10.2. The smallest absolute Gasteiger partial charge is 0.131 e. The summed E-state index contributed by atoms with van der Waals surface area (Å²) in [6.07, 6.45) is 4.66. The first-order valence-corrected chi connectivity index (χ1v) is 6.23. The van der Waals surface area contributed by atoms with E-state index in [1.54, 1.807) is 0 Å². The van der Waals surface area contributed by atoms with Crippen molar-refractivity contribution in [3.05, 3.63) is 23.3 Å². The van der Waals surface area contributed by atoms with Crippen LogP contribution in [0.1, 0.15) is 49.3 Å². The van der Waals surface area contributed by atoms with Crippen LogP contribution < -0.4 is 5.73 Å². The summed E-state index contributed by atoms with van der Waals surface area (Å²) in [5, 5.41) is 0. The molecule has 0 radical (unpaired) electrons. The number of nitrogens with two attached hydrogens (primary N) is 1. The molecule has 0 amide bonds. The van der Waals surface area contributed by atoms with Crippen LogP contribution in [-0.2, 0) is 6.42 Å². The average molecular weight is 219 g/mol. The molecule has 0 bridgehead atoms. The zero-order chi connectivity index (χ0) is 11.5. The van der Waals surface area contributed by atoms with Gasteiger partial charge in [-0.25, -0.2) is 9.97 Å². The van der Waals surface area contributed by atoms with Crippen molar-refractivity contribution in [2.75, 3.05) is 6.54 Å². The first-order chi connectivity index (χ1) is 7.69. The number of nitrogens with zero attached hydrogens (tertiary/aromatic N) is 2. The van der Waals surface area contributed by atoms with Crippen molar-refractivity contribution in [3.8, 4) is 0 Å². The minimum absolute atomic E-state index is 0.575. The monoisotopic (exact) mass is 219 g/mol. The fourth-order valence-electron chi connectivity index (χ4n) is 2.56. The van der Waals surface area contributed by atoms with Gasteiger partial charge in [-0.3, -0.25) is 0 Å². The van der Waals surface area contributed by atoms with Crippen molar-refractivity contribution in [1.29, 1.82) is 0 Å². The van der Waals surface area contributed by atoms with Crippen LogP contribution in [0.4, 0.5) is 0 Å². The Morgan fingerprint density at radius 2 is 2.19 bits per heavy atom. The van der Waals surface area contributed by atoms with Crippen LogP contribution in [0.2, 0.25) is 0 Å². The van der Waals surface area contributed by atoms with Crippen LogP contribution in [0.3, 0.4) is 0 Å². The Bertz CT molecular complexity index is 362. The molecule has 0 spiro atoms. The third-order valence-electron chi connectivity index (χ3n) is 3.38. The van der Waals surface area contributed by atoms with Crippen LogP contribution in [0.25, 0.3) is 0 Å². The van der Waals surface area contributed by atoms with Crippen LogP contribution in [0.5, 0.6) is 0 Å². The minimum atomic E-state index is 0.575. The number of hydrogen-bond donors (Lipinski definition) is 1. The highest BCUT2D eigenvalue weighted by Gasteiger charge is 2.25. The second kappa shape index (κ2) is 4.91. The van der Waals surface area contributed by atoms with Gasteiger partial charge in [0.2, 0.25) is 0 Å². The number of aromatic nitrogens is 2.